The Bertz CT molecular complexity index is 618. The molecule has 3 rings (SSSR count). The van der Waals surface area contributed by atoms with E-state index in [4.69, 9.17) is 0 Å². The molecule has 2 saturated heterocycles. The fourth-order valence-corrected chi connectivity index (χ4v) is 3.15. The maximum atomic E-state index is 13.1. The molecule has 0 spiro atoms. The lowest BCUT2D eigenvalue weighted by molar-refractivity contribution is -0.133. The summed E-state index contributed by atoms with van der Waals surface area (Å²) in [6.45, 7) is 1.93. The number of anilines is 1. The summed E-state index contributed by atoms with van der Waals surface area (Å²) in [5.41, 5.74) is 1.12. The molecule has 2 fully saturated rings. The maximum Gasteiger partial charge on any atom is 0.262 e. The number of nitrogens with one attached hydrogen (secondary N) is 2. The Labute approximate surface area is 145 Å². The summed E-state index contributed by atoms with van der Waals surface area (Å²) in [5, 5.41) is 4.94. The smallest absolute Gasteiger partial charge is 0.262 e. The minimum absolute atomic E-state index is 0.159. The average Bonchev–Trinajstić information content (AvgIpc) is 3.00. The van der Waals surface area contributed by atoms with Gasteiger partial charge in [0.15, 0.2) is 0 Å². The van der Waals surface area contributed by atoms with Crippen molar-refractivity contribution in [3.63, 3.8) is 0 Å². The van der Waals surface area contributed by atoms with Gasteiger partial charge in [-0.25, -0.2) is 8.78 Å². The molecule has 0 saturated carbocycles. The molecule has 6 nitrogen and oxygen atoms in total. The second-order valence-electron chi connectivity index (χ2n) is 6.41. The maximum absolute atomic E-state index is 13.1. The second kappa shape index (κ2) is 7.35. The molecule has 0 bridgehead atoms. The van der Waals surface area contributed by atoms with Gasteiger partial charge in [0, 0.05) is 38.3 Å². The molecule has 8 heteroatoms. The molecule has 1 aromatic carbocycles. The first kappa shape index (κ1) is 17.6. The van der Waals surface area contributed by atoms with Crippen LogP contribution in [0.1, 0.15) is 6.42 Å². The van der Waals surface area contributed by atoms with Gasteiger partial charge in [0.2, 0.25) is 11.8 Å². The molecular weight excluding hydrogens is 330 g/mol. The fraction of sp³-hybridized carbons (Fsp3) is 0.529. The number of carbonyl (C=O) groups excluding carboxylic acids is 2. The van der Waals surface area contributed by atoms with E-state index in [1.54, 1.807) is 4.90 Å². The van der Waals surface area contributed by atoms with Gasteiger partial charge in [0.05, 0.1) is 19.1 Å². The van der Waals surface area contributed by atoms with Crippen LogP contribution >= 0.6 is 0 Å². The first-order valence-electron chi connectivity index (χ1n) is 8.41. The van der Waals surface area contributed by atoms with Crippen molar-refractivity contribution in [1.82, 2.24) is 15.5 Å². The predicted octanol–water partition coefficient (Wildman–Crippen LogP) is 0.449. The van der Waals surface area contributed by atoms with E-state index in [-0.39, 0.29) is 12.5 Å². The highest BCUT2D eigenvalue weighted by Crippen LogP contribution is 2.25. The summed E-state index contributed by atoms with van der Waals surface area (Å²) < 4.78 is 26.2. The number of halogens is 2. The van der Waals surface area contributed by atoms with E-state index in [1.807, 2.05) is 30.3 Å². The lowest BCUT2D eigenvalue weighted by atomic mass is 10.2. The van der Waals surface area contributed by atoms with Crippen molar-refractivity contribution in [2.75, 3.05) is 44.2 Å². The normalized spacial score (nSPS) is 22.7. The summed E-state index contributed by atoms with van der Waals surface area (Å²) >= 11 is 0. The Kier molecular flexibility index (Phi) is 5.17. The van der Waals surface area contributed by atoms with Crippen molar-refractivity contribution >= 4 is 17.5 Å². The van der Waals surface area contributed by atoms with Crippen LogP contribution in [-0.4, -0.2) is 67.9 Å². The van der Waals surface area contributed by atoms with Crippen LogP contribution in [-0.2, 0) is 9.59 Å². The van der Waals surface area contributed by atoms with Crippen molar-refractivity contribution in [3.8, 4) is 0 Å². The molecule has 136 valence electrons. The van der Waals surface area contributed by atoms with E-state index in [9.17, 15) is 18.4 Å². The SMILES string of the molecule is O=C(NCC(=O)N1CCN(c2ccccc2)CC1)C1CC(F)(F)CN1. The Balaban J connectivity index is 1.42. The van der Waals surface area contributed by atoms with Crippen molar-refractivity contribution in [2.45, 2.75) is 18.4 Å². The number of amides is 2. The topological polar surface area (TPSA) is 64.7 Å². The molecule has 2 heterocycles. The zero-order chi connectivity index (χ0) is 17.9. The Morgan fingerprint density at radius 1 is 1.16 bits per heavy atom. The van der Waals surface area contributed by atoms with E-state index in [1.165, 1.54) is 0 Å². The van der Waals surface area contributed by atoms with Gasteiger partial charge in [-0.3, -0.25) is 14.9 Å². The minimum atomic E-state index is -2.86. The van der Waals surface area contributed by atoms with Crippen molar-refractivity contribution in [3.05, 3.63) is 30.3 Å². The zero-order valence-electron chi connectivity index (χ0n) is 13.9. The van der Waals surface area contributed by atoms with Crippen LogP contribution in [0.5, 0.6) is 0 Å². The molecule has 25 heavy (non-hydrogen) atoms. The van der Waals surface area contributed by atoms with Gasteiger partial charge in [0.25, 0.3) is 5.92 Å². The molecule has 2 aliphatic rings. The monoisotopic (exact) mass is 352 g/mol. The number of alkyl halides is 2. The number of hydrogen-bond acceptors (Lipinski definition) is 4. The molecule has 1 atom stereocenters. The van der Waals surface area contributed by atoms with Gasteiger partial charge in [-0.2, -0.15) is 0 Å². The fourth-order valence-electron chi connectivity index (χ4n) is 3.15. The number of carbonyl (C=O) groups is 2. The van der Waals surface area contributed by atoms with E-state index < -0.39 is 30.8 Å². The third-order valence-corrected chi connectivity index (χ3v) is 4.59. The van der Waals surface area contributed by atoms with E-state index in [0.29, 0.717) is 13.1 Å². The Morgan fingerprint density at radius 2 is 1.84 bits per heavy atom. The average molecular weight is 352 g/mol. The number of benzene rings is 1. The molecule has 2 amide bonds. The van der Waals surface area contributed by atoms with Gasteiger partial charge in [-0.1, -0.05) is 18.2 Å². The summed E-state index contributed by atoms with van der Waals surface area (Å²) in [4.78, 5) is 28.0. The van der Waals surface area contributed by atoms with E-state index in [0.717, 1.165) is 18.8 Å². The van der Waals surface area contributed by atoms with Crippen molar-refractivity contribution in [1.29, 1.82) is 0 Å². The van der Waals surface area contributed by atoms with Crippen molar-refractivity contribution < 1.29 is 18.4 Å². The van der Waals surface area contributed by atoms with Crippen LogP contribution in [0.25, 0.3) is 0 Å². The zero-order valence-corrected chi connectivity index (χ0v) is 13.9. The number of rotatable bonds is 4. The molecule has 0 aromatic heterocycles. The van der Waals surface area contributed by atoms with Gasteiger partial charge < -0.3 is 15.1 Å². The highest BCUT2D eigenvalue weighted by molar-refractivity contribution is 5.87. The lowest BCUT2D eigenvalue weighted by Gasteiger charge is -2.36. The summed E-state index contributed by atoms with van der Waals surface area (Å²) in [7, 11) is 0. The number of para-hydroxylation sites is 1. The largest absolute Gasteiger partial charge is 0.368 e. The molecule has 1 aromatic rings. The van der Waals surface area contributed by atoms with Crippen LogP contribution in [0.2, 0.25) is 0 Å². The predicted molar refractivity (Wildman–Crippen MR) is 89.6 cm³/mol. The van der Waals surface area contributed by atoms with E-state index >= 15 is 0 Å². The van der Waals surface area contributed by atoms with Crippen LogP contribution < -0.4 is 15.5 Å². The lowest BCUT2D eigenvalue weighted by Crippen LogP contribution is -2.52. The molecular formula is C17H22F2N4O2. The van der Waals surface area contributed by atoms with E-state index in [2.05, 4.69) is 15.5 Å². The van der Waals surface area contributed by atoms with Crippen LogP contribution in [0, 0.1) is 0 Å². The highest BCUT2D eigenvalue weighted by Gasteiger charge is 2.42. The Hall–Kier alpha value is -2.22. The summed E-state index contributed by atoms with van der Waals surface area (Å²) in [6, 6.07) is 9.04. The van der Waals surface area contributed by atoms with Gasteiger partial charge in [-0.05, 0) is 12.1 Å². The van der Waals surface area contributed by atoms with Crippen LogP contribution in [0.3, 0.4) is 0 Å². The molecule has 1 unspecified atom stereocenters. The molecule has 2 aliphatic heterocycles. The third kappa shape index (κ3) is 4.45. The first-order valence-corrected chi connectivity index (χ1v) is 8.41. The van der Waals surface area contributed by atoms with Gasteiger partial charge >= 0.3 is 0 Å². The van der Waals surface area contributed by atoms with Crippen LogP contribution in [0.4, 0.5) is 14.5 Å². The molecule has 0 radical (unpaired) electrons. The third-order valence-electron chi connectivity index (χ3n) is 4.59. The minimum Gasteiger partial charge on any atom is -0.368 e. The highest BCUT2D eigenvalue weighted by atomic mass is 19.3. The summed E-state index contributed by atoms with van der Waals surface area (Å²) in [6.07, 6.45) is -0.525. The quantitative estimate of drug-likeness (QED) is 0.826. The number of nitrogens with zero attached hydrogens (tertiary/aromatic N) is 2. The van der Waals surface area contributed by atoms with Gasteiger partial charge in [-0.15, -0.1) is 0 Å². The Morgan fingerprint density at radius 3 is 2.44 bits per heavy atom. The van der Waals surface area contributed by atoms with Crippen LogP contribution in [0.15, 0.2) is 30.3 Å². The number of hydrogen-bond donors (Lipinski definition) is 2. The summed E-state index contributed by atoms with van der Waals surface area (Å²) in [5.74, 6) is -3.60. The van der Waals surface area contributed by atoms with Crippen molar-refractivity contribution in [2.24, 2.45) is 0 Å². The standard InChI is InChI=1S/C17H22F2N4O2/c18-17(19)10-14(21-12-17)16(25)20-11-15(24)23-8-6-22(7-9-23)13-4-2-1-3-5-13/h1-5,14,21H,6-12H2,(H,20,25). The van der Waals surface area contributed by atoms with Gasteiger partial charge in [0.1, 0.15) is 0 Å². The number of piperazine rings is 1. The second-order valence-corrected chi connectivity index (χ2v) is 6.41. The first-order chi connectivity index (χ1) is 11.9. The molecule has 0 aliphatic carbocycles. The molecule has 2 N–H and O–H groups in total.